The number of fused-ring (bicyclic) bond motifs is 1. The minimum atomic E-state index is -1.18. The Morgan fingerprint density at radius 1 is 1.14 bits per heavy atom. The van der Waals surface area contributed by atoms with Crippen molar-refractivity contribution >= 4 is 17.0 Å². The standard InChI is InChI=1S/C33H27F2N5O4/c1-33(2)18-43-17-29(33)40-28-13-26(32(41)42)37-15-27(28)38-30(40)11-21-10-24(35)22(12-23(21)34)25-4-3-5-31(39-25)44-16-20-8-6-19(14-36)7-9-20/h3-10,12-13,15,29H,11,16-18H2,1-2H3,(H,41,42)/t29-/m1/s1. The summed E-state index contributed by atoms with van der Waals surface area (Å²) in [6.45, 7) is 5.09. The van der Waals surface area contributed by atoms with Gasteiger partial charge in [0.25, 0.3) is 0 Å². The molecule has 3 aromatic heterocycles. The summed E-state index contributed by atoms with van der Waals surface area (Å²) in [6.07, 6.45) is 1.33. The Labute approximate surface area is 251 Å². The number of hydrogen-bond donors (Lipinski definition) is 1. The number of carbonyl (C=O) groups is 1. The summed E-state index contributed by atoms with van der Waals surface area (Å²) in [5.74, 6) is -1.81. The van der Waals surface area contributed by atoms with Crippen molar-refractivity contribution in [2.45, 2.75) is 32.9 Å². The molecule has 0 radical (unpaired) electrons. The van der Waals surface area contributed by atoms with Crippen molar-refractivity contribution in [3.8, 4) is 23.2 Å². The minimum absolute atomic E-state index is 0.0239. The highest BCUT2D eigenvalue weighted by molar-refractivity contribution is 5.90. The number of nitriles is 1. The van der Waals surface area contributed by atoms with Crippen LogP contribution in [0.3, 0.4) is 0 Å². The second-order valence-electron chi connectivity index (χ2n) is 11.3. The Kier molecular flexibility index (Phi) is 7.53. The molecular formula is C33H27F2N5O4. The fourth-order valence-electron chi connectivity index (χ4n) is 5.39. The van der Waals surface area contributed by atoms with Gasteiger partial charge in [-0.15, -0.1) is 0 Å². The number of carboxylic acid groups (broad SMARTS) is 1. The summed E-state index contributed by atoms with van der Waals surface area (Å²) in [5.41, 5.74) is 2.15. The summed E-state index contributed by atoms with van der Waals surface area (Å²) in [4.78, 5) is 24.7. The van der Waals surface area contributed by atoms with E-state index in [1.807, 2.05) is 18.4 Å². The van der Waals surface area contributed by atoms with Crippen molar-refractivity contribution in [2.75, 3.05) is 13.2 Å². The number of benzene rings is 2. The lowest BCUT2D eigenvalue weighted by Gasteiger charge is -2.28. The van der Waals surface area contributed by atoms with Crippen LogP contribution in [-0.2, 0) is 17.8 Å². The maximum atomic E-state index is 15.6. The van der Waals surface area contributed by atoms with E-state index in [1.54, 1.807) is 42.5 Å². The number of aromatic carboxylic acids is 1. The van der Waals surface area contributed by atoms with Gasteiger partial charge in [0.05, 0.1) is 48.3 Å². The number of halogens is 2. The van der Waals surface area contributed by atoms with E-state index in [2.05, 4.69) is 21.0 Å². The molecule has 2 aromatic carbocycles. The number of imidazole rings is 1. The molecule has 11 heteroatoms. The van der Waals surface area contributed by atoms with E-state index in [9.17, 15) is 9.90 Å². The molecule has 1 saturated heterocycles. The molecule has 44 heavy (non-hydrogen) atoms. The Balaban J connectivity index is 1.30. The molecule has 1 atom stereocenters. The number of ether oxygens (including phenoxy) is 2. The average Bonchev–Trinajstić information content (AvgIpc) is 3.55. The molecule has 0 bridgehead atoms. The number of rotatable bonds is 8. The summed E-state index contributed by atoms with van der Waals surface area (Å²) < 4.78 is 44.6. The summed E-state index contributed by atoms with van der Waals surface area (Å²) in [6, 6.07) is 17.3. The van der Waals surface area contributed by atoms with Gasteiger partial charge in [0.1, 0.15) is 35.3 Å². The predicted molar refractivity (Wildman–Crippen MR) is 156 cm³/mol. The highest BCUT2D eigenvalue weighted by atomic mass is 19.1. The molecule has 222 valence electrons. The Morgan fingerprint density at radius 2 is 1.93 bits per heavy atom. The summed E-state index contributed by atoms with van der Waals surface area (Å²) in [5, 5.41) is 18.5. The third-order valence-corrected chi connectivity index (χ3v) is 7.79. The largest absolute Gasteiger partial charge is 0.477 e. The second-order valence-corrected chi connectivity index (χ2v) is 11.3. The minimum Gasteiger partial charge on any atom is -0.477 e. The van der Waals surface area contributed by atoms with Crippen LogP contribution < -0.4 is 4.74 Å². The van der Waals surface area contributed by atoms with E-state index >= 15 is 8.78 Å². The van der Waals surface area contributed by atoms with Crippen LogP contribution in [0.2, 0.25) is 0 Å². The lowest BCUT2D eigenvalue weighted by molar-refractivity contribution is 0.0690. The van der Waals surface area contributed by atoms with Gasteiger partial charge >= 0.3 is 5.97 Å². The molecule has 5 aromatic rings. The third kappa shape index (κ3) is 5.59. The van der Waals surface area contributed by atoms with Crippen LogP contribution in [-0.4, -0.2) is 43.8 Å². The first-order valence-corrected chi connectivity index (χ1v) is 13.9. The van der Waals surface area contributed by atoms with Crippen LogP contribution in [0.5, 0.6) is 5.88 Å². The summed E-state index contributed by atoms with van der Waals surface area (Å²) >= 11 is 0. The van der Waals surface area contributed by atoms with Crippen molar-refractivity contribution in [1.29, 1.82) is 5.26 Å². The van der Waals surface area contributed by atoms with Crippen molar-refractivity contribution < 1.29 is 28.2 Å². The Bertz CT molecular complexity index is 1930. The fourth-order valence-corrected chi connectivity index (χ4v) is 5.39. The number of aromatic nitrogens is 4. The van der Waals surface area contributed by atoms with Gasteiger partial charge in [-0.3, -0.25) is 0 Å². The molecular weight excluding hydrogens is 568 g/mol. The Hall–Kier alpha value is -5.21. The molecule has 4 heterocycles. The van der Waals surface area contributed by atoms with Crippen LogP contribution in [0, 0.1) is 28.4 Å². The second kappa shape index (κ2) is 11.5. The van der Waals surface area contributed by atoms with E-state index in [0.717, 1.165) is 17.7 Å². The highest BCUT2D eigenvalue weighted by Crippen LogP contribution is 2.40. The monoisotopic (exact) mass is 595 g/mol. The van der Waals surface area contributed by atoms with Crippen LogP contribution >= 0.6 is 0 Å². The van der Waals surface area contributed by atoms with Crippen LogP contribution in [0.4, 0.5) is 8.78 Å². The zero-order chi connectivity index (χ0) is 31.0. The van der Waals surface area contributed by atoms with Gasteiger partial charge in [0.2, 0.25) is 5.88 Å². The van der Waals surface area contributed by atoms with Crippen LogP contribution in [0.15, 0.2) is 66.9 Å². The van der Waals surface area contributed by atoms with Crippen LogP contribution in [0.1, 0.15) is 52.9 Å². The summed E-state index contributed by atoms with van der Waals surface area (Å²) in [7, 11) is 0. The number of hydrogen-bond acceptors (Lipinski definition) is 7. The van der Waals surface area contributed by atoms with Crippen LogP contribution in [0.25, 0.3) is 22.3 Å². The molecule has 1 fully saturated rings. The zero-order valence-corrected chi connectivity index (χ0v) is 23.9. The fraction of sp³-hybridized carbons (Fsp3) is 0.242. The zero-order valence-electron chi connectivity index (χ0n) is 23.9. The van der Waals surface area contributed by atoms with Gasteiger partial charge in [0.15, 0.2) is 0 Å². The van der Waals surface area contributed by atoms with Gasteiger partial charge in [0, 0.05) is 23.5 Å². The van der Waals surface area contributed by atoms with Gasteiger partial charge in [-0.2, -0.15) is 5.26 Å². The van der Waals surface area contributed by atoms with Crippen molar-refractivity contribution in [3.63, 3.8) is 0 Å². The van der Waals surface area contributed by atoms with Gasteiger partial charge < -0.3 is 19.1 Å². The topological polar surface area (TPSA) is 123 Å². The molecule has 1 N–H and O–H groups in total. The van der Waals surface area contributed by atoms with Gasteiger partial charge in [-0.05, 0) is 47.5 Å². The van der Waals surface area contributed by atoms with Crippen molar-refractivity contribution in [2.24, 2.45) is 5.41 Å². The molecule has 6 rings (SSSR count). The van der Waals surface area contributed by atoms with E-state index in [0.29, 0.717) is 35.6 Å². The predicted octanol–water partition coefficient (Wildman–Crippen LogP) is 6.11. The third-order valence-electron chi connectivity index (χ3n) is 7.79. The lowest BCUT2D eigenvalue weighted by atomic mass is 9.87. The molecule has 0 aliphatic carbocycles. The lowest BCUT2D eigenvalue weighted by Crippen LogP contribution is -2.27. The molecule has 1 aliphatic heterocycles. The normalized spacial score (nSPS) is 15.8. The quantitative estimate of drug-likeness (QED) is 0.228. The van der Waals surface area contributed by atoms with Crippen molar-refractivity contribution in [1.82, 2.24) is 19.5 Å². The van der Waals surface area contributed by atoms with Gasteiger partial charge in [-0.25, -0.2) is 28.5 Å². The number of pyridine rings is 2. The van der Waals surface area contributed by atoms with Gasteiger partial charge in [-0.1, -0.05) is 32.0 Å². The SMILES string of the molecule is CC1(C)COC[C@H]1n1c(Cc2cc(F)c(-c3cccc(OCc4ccc(C#N)cc4)n3)cc2F)nc2cnc(C(=O)O)cc21. The highest BCUT2D eigenvalue weighted by Gasteiger charge is 2.39. The molecule has 0 spiro atoms. The smallest absolute Gasteiger partial charge is 0.354 e. The maximum absolute atomic E-state index is 15.6. The maximum Gasteiger partial charge on any atom is 0.354 e. The first kappa shape index (κ1) is 28.9. The molecule has 0 saturated carbocycles. The molecule has 0 unspecified atom stereocenters. The number of nitrogens with zero attached hydrogens (tertiary/aromatic N) is 5. The van der Waals surface area contributed by atoms with E-state index < -0.39 is 17.6 Å². The average molecular weight is 596 g/mol. The van der Waals surface area contributed by atoms with E-state index in [-0.39, 0.29) is 52.9 Å². The van der Waals surface area contributed by atoms with E-state index in [1.165, 1.54) is 12.3 Å². The first-order chi connectivity index (χ1) is 21.1. The number of carboxylic acids is 1. The Morgan fingerprint density at radius 3 is 2.64 bits per heavy atom. The first-order valence-electron chi connectivity index (χ1n) is 13.9. The van der Waals surface area contributed by atoms with E-state index in [4.69, 9.17) is 14.7 Å². The molecule has 0 amide bonds. The van der Waals surface area contributed by atoms with Crippen molar-refractivity contribution in [3.05, 3.63) is 107 Å². The molecule has 9 nitrogen and oxygen atoms in total. The molecule has 1 aliphatic rings.